The first-order valence-corrected chi connectivity index (χ1v) is 22.7. The summed E-state index contributed by atoms with van der Waals surface area (Å²) >= 11 is 0. The molecule has 20 heteroatoms. The number of hydrogen-bond acceptors (Lipinski definition) is 11. The predicted molar refractivity (Wildman–Crippen MR) is 251 cm³/mol. The standard InChI is InChI=1S/C15H26N3O3P.C12H22N2O2.C7H11NO3.C5H7NO3.2C3H7.Ni/c1-3-4-5-6-7-10-18-15(19)13-14(8-9-16)21-22-20-12-11-17-2;1-3-4-5-6-7-8-14-12(16)9-11(15)10-13-2;1-3-11-7(10)4-6(9)5-8-2;1-6-3-4(7)2-5(8)9;2*1-3-2;/h14,22H,3-8,10-13H2,1H3,(H,18,19);11,15H,3-10H2,1H3,(H,14,16);6,9H,3-5H2,1H3;4,7H,2-3H2,(H,8,9);2*1,3H2,2H3;/q;;;;2*-1;+2/t14-;11-;6-;4-;;;/m1000.../s1. The Balaban J connectivity index is -0.000000138. The van der Waals surface area contributed by atoms with Crippen molar-refractivity contribution < 1.29 is 69.9 Å². The molecule has 0 aromatic rings. The number of hydrogen-bond donors (Lipinski definition) is 6. The fourth-order valence-corrected chi connectivity index (χ4v) is 4.64. The number of rotatable bonds is 30. The van der Waals surface area contributed by atoms with Crippen LogP contribution < -0.4 is 10.6 Å². The van der Waals surface area contributed by atoms with Gasteiger partial charge >= 0.3 is 28.4 Å². The molecular formula is C45H80N7NiO11P. The van der Waals surface area contributed by atoms with E-state index in [1.54, 1.807) is 6.92 Å². The molecule has 0 aliphatic rings. The van der Waals surface area contributed by atoms with E-state index in [-0.39, 0.29) is 95.6 Å². The predicted octanol–water partition coefficient (Wildman–Crippen LogP) is 7.37. The second kappa shape index (κ2) is 66.7. The number of nitriles is 1. The van der Waals surface area contributed by atoms with Crippen LogP contribution in [0, 0.1) is 51.5 Å². The first-order valence-electron chi connectivity index (χ1n) is 21.9. The molecule has 0 aromatic heterocycles. The Hall–Kier alpha value is -3.95. The molecule has 18 nitrogen and oxygen atoms in total. The molecule has 0 radical (unpaired) electrons. The van der Waals surface area contributed by atoms with Gasteiger partial charge in [-0.15, -0.1) is 0 Å². The summed E-state index contributed by atoms with van der Waals surface area (Å²) in [5, 5.41) is 49.2. The number of unbranched alkanes of at least 4 members (excludes halogenated alkanes) is 8. The van der Waals surface area contributed by atoms with Crippen molar-refractivity contribution in [2.45, 2.75) is 168 Å². The van der Waals surface area contributed by atoms with Gasteiger partial charge in [0, 0.05) is 13.1 Å². The topological polar surface area (TPSA) is 242 Å². The molecule has 0 fully saturated rings. The Morgan fingerprint density at radius 1 is 0.677 bits per heavy atom. The summed E-state index contributed by atoms with van der Waals surface area (Å²) in [6.07, 6.45) is 10.3. The number of amides is 2. The maximum absolute atomic E-state index is 11.8. The normalized spacial score (nSPS) is 11.2. The Morgan fingerprint density at radius 3 is 1.48 bits per heavy atom. The van der Waals surface area contributed by atoms with Crippen molar-refractivity contribution in [1.82, 2.24) is 10.6 Å². The number of nitrogens with zero attached hydrogens (tertiary/aromatic N) is 5. The van der Waals surface area contributed by atoms with E-state index < -0.39 is 36.4 Å². The van der Waals surface area contributed by atoms with Crippen molar-refractivity contribution in [2.24, 2.45) is 0 Å². The zero-order valence-electron chi connectivity index (χ0n) is 39.6. The molecule has 0 heterocycles. The van der Waals surface area contributed by atoms with Crippen molar-refractivity contribution in [1.29, 1.82) is 5.26 Å². The van der Waals surface area contributed by atoms with Gasteiger partial charge in [0.2, 0.25) is 38.0 Å². The molecule has 0 bridgehead atoms. The van der Waals surface area contributed by atoms with Crippen LogP contribution in [-0.2, 0) is 49.5 Å². The Labute approximate surface area is 403 Å². The van der Waals surface area contributed by atoms with E-state index in [1.807, 2.05) is 19.9 Å². The SMILES string of the molecule is [C-]#[N+]CCOPO[C@H](CC#N)CC(=O)NCCCCCCC.[C-]#[N+]C[C@@H](O)CC(=O)NCCCCCCC.[C-]#[N+]C[C@@H](O)CC(=O)O.[C-]#[N+]C[C@@H](O)CC(=O)OCC.[CH2-]CC.[CH2-]CC.[Ni+2]. The Kier molecular flexibility index (Phi) is 77.3. The van der Waals surface area contributed by atoms with Gasteiger partial charge in [0.25, 0.3) is 0 Å². The quantitative estimate of drug-likeness (QED) is 0.0136. The molecule has 1 unspecified atom stereocenters. The molecule has 0 spiro atoms. The molecule has 2 amide bonds. The van der Waals surface area contributed by atoms with Gasteiger partial charge in [-0.2, -0.15) is 18.1 Å². The maximum Gasteiger partial charge on any atom is 2.00 e. The smallest absolute Gasteiger partial charge is 0.481 e. The molecule has 0 saturated carbocycles. The molecule has 376 valence electrons. The van der Waals surface area contributed by atoms with Gasteiger partial charge in [0.1, 0.15) is 24.9 Å². The van der Waals surface area contributed by atoms with Crippen LogP contribution in [0.4, 0.5) is 0 Å². The minimum Gasteiger partial charge on any atom is -0.481 e. The second-order valence-electron chi connectivity index (χ2n) is 13.4. The van der Waals surface area contributed by atoms with E-state index in [4.69, 9.17) is 55.9 Å². The van der Waals surface area contributed by atoms with Crippen LogP contribution in [-0.4, -0.2) is 121 Å². The van der Waals surface area contributed by atoms with Crippen molar-refractivity contribution >= 4 is 32.8 Å². The first-order chi connectivity index (χ1) is 30.6. The number of carboxylic acid groups (broad SMARTS) is 1. The maximum atomic E-state index is 11.8. The summed E-state index contributed by atoms with van der Waals surface area (Å²) in [6.45, 7) is 44.9. The number of aliphatic hydroxyl groups excluding tert-OH is 3. The van der Waals surface area contributed by atoms with E-state index >= 15 is 0 Å². The molecule has 0 aromatic carbocycles. The Bertz CT molecular complexity index is 1300. The zero-order chi connectivity index (χ0) is 50.1. The molecule has 5 atom stereocenters. The summed E-state index contributed by atoms with van der Waals surface area (Å²) in [6, 6.07) is 2.01. The molecule has 65 heavy (non-hydrogen) atoms. The van der Waals surface area contributed by atoms with Crippen LogP contribution in [0.5, 0.6) is 0 Å². The van der Waals surface area contributed by atoms with E-state index in [9.17, 15) is 24.3 Å². The largest absolute Gasteiger partial charge is 2.00 e. The minimum absolute atomic E-state index is 0. The average Bonchev–Trinajstić information content (AvgIpc) is 3.22. The van der Waals surface area contributed by atoms with Crippen LogP contribution in [0.15, 0.2) is 0 Å². The summed E-state index contributed by atoms with van der Waals surface area (Å²) in [5.41, 5.74) is 0. The monoisotopic (exact) mass is 984 g/mol. The molecule has 0 rings (SSSR count). The molecule has 0 aliphatic carbocycles. The van der Waals surface area contributed by atoms with Crippen LogP contribution in [0.3, 0.4) is 0 Å². The summed E-state index contributed by atoms with van der Waals surface area (Å²) in [5.74, 6) is -1.79. The van der Waals surface area contributed by atoms with Crippen molar-refractivity contribution in [2.75, 3.05) is 52.5 Å². The fourth-order valence-electron chi connectivity index (χ4n) is 4.09. The molecule has 0 aliphatic heterocycles. The van der Waals surface area contributed by atoms with Gasteiger partial charge in [-0.05, 0) is 19.8 Å². The van der Waals surface area contributed by atoms with Gasteiger partial charge in [-0.1, -0.05) is 79.1 Å². The Morgan fingerprint density at radius 2 is 1.09 bits per heavy atom. The summed E-state index contributed by atoms with van der Waals surface area (Å²) < 4.78 is 15.1. The fraction of sp³-hybridized carbons (Fsp3) is 0.756. The van der Waals surface area contributed by atoms with Crippen LogP contribution >= 0.6 is 9.03 Å². The average molecular weight is 985 g/mol. The van der Waals surface area contributed by atoms with Crippen molar-refractivity contribution in [3.63, 3.8) is 0 Å². The van der Waals surface area contributed by atoms with Gasteiger partial charge < -0.3 is 78.1 Å². The van der Waals surface area contributed by atoms with Crippen LogP contribution in [0.25, 0.3) is 19.4 Å². The number of ether oxygens (including phenoxy) is 1. The number of nitrogens with one attached hydrogen (secondary N) is 2. The van der Waals surface area contributed by atoms with E-state index in [1.165, 1.54) is 38.5 Å². The van der Waals surface area contributed by atoms with Crippen LogP contribution in [0.1, 0.15) is 144 Å². The van der Waals surface area contributed by atoms with E-state index in [0.29, 0.717) is 26.3 Å². The van der Waals surface area contributed by atoms with Crippen molar-refractivity contribution in [3.05, 3.63) is 59.5 Å². The van der Waals surface area contributed by atoms with Gasteiger partial charge in [0.05, 0.1) is 50.9 Å². The third-order valence-corrected chi connectivity index (χ3v) is 7.71. The number of carboxylic acids is 1. The number of carbonyl (C=O) groups excluding carboxylic acids is 3. The van der Waals surface area contributed by atoms with Gasteiger partial charge in [0.15, 0.2) is 9.03 Å². The number of carbonyl (C=O) groups is 4. The van der Waals surface area contributed by atoms with Gasteiger partial charge in [-0.25, -0.2) is 26.3 Å². The molecular weight excluding hydrogens is 904 g/mol. The van der Waals surface area contributed by atoms with Gasteiger partial charge in [-0.3, -0.25) is 19.2 Å². The van der Waals surface area contributed by atoms with Crippen molar-refractivity contribution in [3.8, 4) is 6.07 Å². The number of esters is 1. The first kappa shape index (κ1) is 75.4. The summed E-state index contributed by atoms with van der Waals surface area (Å²) in [4.78, 5) is 55.4. The number of aliphatic carboxylic acids is 1. The molecule has 6 N–H and O–H groups in total. The third kappa shape index (κ3) is 80.8. The third-order valence-electron chi connectivity index (χ3n) is 6.96. The molecule has 0 saturated heterocycles. The summed E-state index contributed by atoms with van der Waals surface area (Å²) in [7, 11) is -0.241. The van der Waals surface area contributed by atoms with E-state index in [2.05, 4.69) is 62.4 Å². The second-order valence-corrected chi connectivity index (χ2v) is 14.1. The van der Waals surface area contributed by atoms with E-state index in [0.717, 1.165) is 38.5 Å². The number of aliphatic hydroxyl groups is 3. The zero-order valence-corrected chi connectivity index (χ0v) is 41.6. The minimum atomic E-state index is -1.08. The van der Waals surface area contributed by atoms with Crippen LogP contribution in [0.2, 0.25) is 0 Å².